The second-order valence-electron chi connectivity index (χ2n) is 9.93. The monoisotopic (exact) mass is 492 g/mol. The number of piperidine rings is 2. The quantitative estimate of drug-likeness (QED) is 0.663. The molecule has 2 aromatic carbocycles. The van der Waals surface area contributed by atoms with Gasteiger partial charge in [0.25, 0.3) is 11.8 Å². The molecule has 36 heavy (non-hydrogen) atoms. The molecule has 0 radical (unpaired) electrons. The zero-order chi connectivity index (χ0) is 25.6. The number of carbonyl (C=O) groups is 4. The summed E-state index contributed by atoms with van der Waals surface area (Å²) in [5.74, 6) is -1.72. The van der Waals surface area contributed by atoms with E-state index in [0.29, 0.717) is 31.5 Å². The third-order valence-electron chi connectivity index (χ3n) is 7.51. The Morgan fingerprint density at radius 2 is 1.72 bits per heavy atom. The number of imide groups is 1. The van der Waals surface area contributed by atoms with Gasteiger partial charge < -0.3 is 14.7 Å². The molecular weight excluding hydrogens is 463 g/mol. The number of likely N-dealkylation sites (tertiary alicyclic amines) is 1. The number of anilines is 1. The van der Waals surface area contributed by atoms with E-state index in [1.54, 1.807) is 0 Å². The molecule has 0 aliphatic carbocycles. The Hall–Kier alpha value is -3.75. The van der Waals surface area contributed by atoms with Crippen LogP contribution in [0.2, 0.25) is 0 Å². The van der Waals surface area contributed by atoms with E-state index in [9.17, 15) is 23.6 Å². The fourth-order valence-corrected chi connectivity index (χ4v) is 5.50. The van der Waals surface area contributed by atoms with Gasteiger partial charge in [-0.25, -0.2) is 4.39 Å². The fraction of sp³-hybridized carbons (Fsp3) is 0.407. The summed E-state index contributed by atoms with van der Waals surface area (Å²) in [5.41, 5.74) is 3.46. The molecule has 1 atom stereocenters. The predicted octanol–water partition coefficient (Wildman–Crippen LogP) is 2.67. The first-order valence-corrected chi connectivity index (χ1v) is 12.3. The second kappa shape index (κ2) is 9.37. The van der Waals surface area contributed by atoms with Crippen LogP contribution in [0.5, 0.6) is 0 Å². The van der Waals surface area contributed by atoms with Crippen molar-refractivity contribution in [2.75, 3.05) is 32.1 Å². The van der Waals surface area contributed by atoms with Gasteiger partial charge in [-0.15, -0.1) is 0 Å². The van der Waals surface area contributed by atoms with Crippen LogP contribution in [0.25, 0.3) is 0 Å². The normalized spacial score (nSPS) is 20.4. The summed E-state index contributed by atoms with van der Waals surface area (Å²) < 4.78 is 14.6. The molecular formula is C27H29FN4O4. The summed E-state index contributed by atoms with van der Waals surface area (Å²) in [6.45, 7) is 1.29. The highest BCUT2D eigenvalue weighted by Gasteiger charge is 2.41. The molecule has 0 bridgehead atoms. The average Bonchev–Trinajstić information content (AvgIpc) is 3.19. The van der Waals surface area contributed by atoms with Crippen molar-refractivity contribution >= 4 is 29.3 Å². The number of nitrogens with zero attached hydrogens (tertiary/aromatic N) is 3. The van der Waals surface area contributed by atoms with E-state index in [1.807, 2.05) is 48.2 Å². The summed E-state index contributed by atoms with van der Waals surface area (Å²) in [5, 5.41) is 2.29. The number of carbonyl (C=O) groups excluding carboxylic acids is 4. The first-order chi connectivity index (χ1) is 17.2. The summed E-state index contributed by atoms with van der Waals surface area (Å²) in [6.07, 6.45) is 1.74. The molecule has 3 aliphatic heterocycles. The first-order valence-electron chi connectivity index (χ1n) is 12.3. The Morgan fingerprint density at radius 3 is 2.36 bits per heavy atom. The van der Waals surface area contributed by atoms with Crippen LogP contribution in [0.1, 0.15) is 63.4 Å². The van der Waals surface area contributed by atoms with Gasteiger partial charge in [0.1, 0.15) is 11.9 Å². The summed E-state index contributed by atoms with van der Waals surface area (Å²) in [7, 11) is 3.89. The third kappa shape index (κ3) is 4.34. The van der Waals surface area contributed by atoms with E-state index < -0.39 is 17.8 Å². The minimum Gasteiger partial charge on any atom is -0.378 e. The molecule has 188 valence electrons. The number of benzene rings is 2. The Kier molecular flexibility index (Phi) is 6.24. The van der Waals surface area contributed by atoms with Gasteiger partial charge in [-0.05, 0) is 72.7 Å². The first kappa shape index (κ1) is 24.0. The van der Waals surface area contributed by atoms with Gasteiger partial charge in [0.05, 0.1) is 0 Å². The maximum absolute atomic E-state index is 14.6. The Bertz CT molecular complexity index is 1240. The van der Waals surface area contributed by atoms with Crippen molar-refractivity contribution in [3.63, 3.8) is 0 Å². The van der Waals surface area contributed by atoms with Crippen LogP contribution in [-0.4, -0.2) is 66.7 Å². The van der Waals surface area contributed by atoms with Gasteiger partial charge in [0.2, 0.25) is 11.8 Å². The Morgan fingerprint density at radius 1 is 1.03 bits per heavy atom. The number of nitrogens with one attached hydrogen (secondary N) is 1. The summed E-state index contributed by atoms with van der Waals surface area (Å²) in [4.78, 5) is 55.3. The zero-order valence-corrected chi connectivity index (χ0v) is 20.4. The second-order valence-corrected chi connectivity index (χ2v) is 9.93. The van der Waals surface area contributed by atoms with Crippen molar-refractivity contribution in [1.82, 2.24) is 15.1 Å². The van der Waals surface area contributed by atoms with Gasteiger partial charge in [-0.3, -0.25) is 24.5 Å². The van der Waals surface area contributed by atoms with Gasteiger partial charge in [-0.2, -0.15) is 0 Å². The molecule has 4 amide bonds. The molecule has 2 fully saturated rings. The zero-order valence-electron chi connectivity index (χ0n) is 20.4. The number of hydrogen-bond acceptors (Lipinski definition) is 5. The maximum Gasteiger partial charge on any atom is 0.255 e. The van der Waals surface area contributed by atoms with Crippen LogP contribution in [0.4, 0.5) is 10.1 Å². The molecule has 0 spiro atoms. The van der Waals surface area contributed by atoms with Gasteiger partial charge in [0.15, 0.2) is 0 Å². The topological polar surface area (TPSA) is 90.0 Å². The van der Waals surface area contributed by atoms with Crippen molar-refractivity contribution in [1.29, 1.82) is 0 Å². The number of hydrogen-bond donors (Lipinski definition) is 1. The highest BCUT2D eigenvalue weighted by Crippen LogP contribution is 2.38. The van der Waals surface area contributed by atoms with Crippen molar-refractivity contribution in [2.24, 2.45) is 0 Å². The molecule has 1 unspecified atom stereocenters. The summed E-state index contributed by atoms with van der Waals surface area (Å²) >= 11 is 0. The van der Waals surface area contributed by atoms with E-state index >= 15 is 0 Å². The molecule has 3 aliphatic rings. The van der Waals surface area contributed by atoms with Gasteiger partial charge in [-0.1, -0.05) is 0 Å². The van der Waals surface area contributed by atoms with Gasteiger partial charge in [0, 0.05) is 57.0 Å². The van der Waals surface area contributed by atoms with Crippen LogP contribution >= 0.6 is 0 Å². The van der Waals surface area contributed by atoms with E-state index in [-0.39, 0.29) is 48.6 Å². The van der Waals surface area contributed by atoms with Crippen LogP contribution < -0.4 is 10.2 Å². The van der Waals surface area contributed by atoms with Crippen LogP contribution in [0.3, 0.4) is 0 Å². The van der Waals surface area contributed by atoms with E-state index in [0.717, 1.165) is 16.8 Å². The van der Waals surface area contributed by atoms with Crippen molar-refractivity contribution in [3.8, 4) is 0 Å². The van der Waals surface area contributed by atoms with E-state index in [4.69, 9.17) is 0 Å². The highest BCUT2D eigenvalue weighted by molar-refractivity contribution is 6.05. The lowest BCUT2D eigenvalue weighted by molar-refractivity contribution is -0.136. The molecule has 5 rings (SSSR count). The molecule has 2 saturated heterocycles. The molecule has 3 heterocycles. The molecule has 1 N–H and O–H groups in total. The number of amides is 4. The Balaban J connectivity index is 1.30. The third-order valence-corrected chi connectivity index (χ3v) is 7.51. The van der Waals surface area contributed by atoms with Crippen LogP contribution in [0.15, 0.2) is 36.4 Å². The lowest BCUT2D eigenvalue weighted by atomic mass is 9.85. The van der Waals surface area contributed by atoms with Crippen LogP contribution in [0, 0.1) is 5.82 Å². The van der Waals surface area contributed by atoms with E-state index in [1.165, 1.54) is 17.0 Å². The molecule has 9 heteroatoms. The minimum atomic E-state index is -0.739. The van der Waals surface area contributed by atoms with Crippen molar-refractivity contribution in [3.05, 3.63) is 64.5 Å². The largest absolute Gasteiger partial charge is 0.378 e. The number of fused-ring (bicyclic) bond motifs is 1. The number of halogens is 1. The van der Waals surface area contributed by atoms with E-state index in [2.05, 4.69) is 5.32 Å². The standard InChI is InChI=1S/C27H29FN4O4/c1-30(2)19-5-3-17(4-6-19)26(35)31-11-9-16(10-12-31)20-13-18(28)14-21-22(20)15-32(27(21)36)23-7-8-24(33)29-25(23)34/h3-6,13-14,16,23H,7-12,15H2,1-2H3,(H,29,33,34). The SMILES string of the molecule is CN(C)c1ccc(C(=O)N2CCC(c3cc(F)cc4c3CN(C3CCC(=O)NC3=O)C4=O)CC2)cc1. The highest BCUT2D eigenvalue weighted by atomic mass is 19.1. The van der Waals surface area contributed by atoms with Gasteiger partial charge >= 0.3 is 0 Å². The predicted molar refractivity (Wildman–Crippen MR) is 131 cm³/mol. The average molecular weight is 493 g/mol. The number of rotatable bonds is 4. The van der Waals surface area contributed by atoms with Crippen molar-refractivity contribution in [2.45, 2.75) is 44.2 Å². The molecule has 2 aromatic rings. The Labute approximate surface area is 209 Å². The molecule has 0 saturated carbocycles. The van der Waals surface area contributed by atoms with Crippen molar-refractivity contribution < 1.29 is 23.6 Å². The van der Waals surface area contributed by atoms with Crippen LogP contribution in [-0.2, 0) is 16.1 Å². The molecule has 0 aromatic heterocycles. The summed E-state index contributed by atoms with van der Waals surface area (Å²) in [6, 6.07) is 9.49. The fourth-order valence-electron chi connectivity index (χ4n) is 5.50. The lowest BCUT2D eigenvalue weighted by Crippen LogP contribution is -2.52. The minimum absolute atomic E-state index is 0.00382. The lowest BCUT2D eigenvalue weighted by Gasteiger charge is -2.33. The molecule has 8 nitrogen and oxygen atoms in total. The smallest absolute Gasteiger partial charge is 0.255 e. The maximum atomic E-state index is 14.6.